The van der Waals surface area contributed by atoms with E-state index in [1.54, 1.807) is 0 Å². The highest BCUT2D eigenvalue weighted by molar-refractivity contribution is 6.37. The standard InChI is InChI=1S/C43H31N3/c1-28-16-15-27-36-37(28)40-38-32-23-11-13-25-34(32)44(29-17-5-2-6-18-29)41(38)39-33-24-12-14-26-35(33)45(30-19-7-3-8-20-30)42(39)43(40)46(36)31-21-9-4-10-22-31/h2-15,17-28H,16H2,1H3. The van der Waals surface area contributed by atoms with E-state index >= 15 is 0 Å². The van der Waals surface area contributed by atoms with Gasteiger partial charge in [0.15, 0.2) is 0 Å². The van der Waals surface area contributed by atoms with Crippen LogP contribution in [0.15, 0.2) is 146 Å². The molecule has 46 heavy (non-hydrogen) atoms. The monoisotopic (exact) mass is 589 g/mol. The Morgan fingerprint density at radius 2 is 0.913 bits per heavy atom. The van der Waals surface area contributed by atoms with Crippen LogP contribution in [0.2, 0.25) is 0 Å². The predicted molar refractivity (Wildman–Crippen MR) is 194 cm³/mol. The van der Waals surface area contributed by atoms with E-state index in [0.29, 0.717) is 5.92 Å². The highest BCUT2D eigenvalue weighted by atomic mass is 15.1. The zero-order valence-electron chi connectivity index (χ0n) is 25.6. The summed E-state index contributed by atoms with van der Waals surface area (Å²) in [6.45, 7) is 2.40. The van der Waals surface area contributed by atoms with E-state index in [4.69, 9.17) is 0 Å². The molecule has 3 heteroatoms. The molecule has 1 aliphatic carbocycles. The first kappa shape index (κ1) is 25.5. The average molecular weight is 590 g/mol. The maximum Gasteiger partial charge on any atom is 0.0810 e. The molecule has 1 aliphatic rings. The van der Waals surface area contributed by atoms with Crippen molar-refractivity contribution in [3.05, 3.63) is 157 Å². The smallest absolute Gasteiger partial charge is 0.0810 e. The molecule has 0 saturated carbocycles. The van der Waals surface area contributed by atoms with Crippen LogP contribution in [-0.2, 0) is 0 Å². The van der Waals surface area contributed by atoms with Gasteiger partial charge in [0.05, 0.1) is 33.3 Å². The fourth-order valence-corrected chi connectivity index (χ4v) is 8.22. The number of rotatable bonds is 3. The lowest BCUT2D eigenvalue weighted by molar-refractivity contribution is 0.773. The van der Waals surface area contributed by atoms with Crippen LogP contribution in [0, 0.1) is 0 Å². The lowest BCUT2D eigenvalue weighted by atomic mass is 9.88. The lowest BCUT2D eigenvalue weighted by Crippen LogP contribution is -2.03. The van der Waals surface area contributed by atoms with Crippen molar-refractivity contribution in [2.75, 3.05) is 0 Å². The van der Waals surface area contributed by atoms with Crippen molar-refractivity contribution >= 4 is 60.6 Å². The number of benzene rings is 6. The van der Waals surface area contributed by atoms with E-state index in [2.05, 4.69) is 172 Å². The van der Waals surface area contributed by atoms with Crippen molar-refractivity contribution in [3.63, 3.8) is 0 Å². The second-order valence-corrected chi connectivity index (χ2v) is 12.6. The normalized spacial score (nSPS) is 14.7. The molecule has 3 heterocycles. The summed E-state index contributed by atoms with van der Waals surface area (Å²) in [5, 5.41) is 6.54. The van der Waals surface area contributed by atoms with E-state index in [-0.39, 0.29) is 0 Å². The minimum absolute atomic E-state index is 0.376. The molecule has 0 bridgehead atoms. The van der Waals surface area contributed by atoms with Gasteiger partial charge in [-0.05, 0) is 72.5 Å². The first-order valence-electron chi connectivity index (χ1n) is 16.2. The zero-order valence-corrected chi connectivity index (χ0v) is 25.6. The molecule has 1 atom stereocenters. The van der Waals surface area contributed by atoms with Gasteiger partial charge in [0.25, 0.3) is 0 Å². The minimum Gasteiger partial charge on any atom is -0.309 e. The van der Waals surface area contributed by atoms with Crippen molar-refractivity contribution in [1.82, 2.24) is 13.7 Å². The largest absolute Gasteiger partial charge is 0.309 e. The van der Waals surface area contributed by atoms with Gasteiger partial charge >= 0.3 is 0 Å². The Balaban J connectivity index is 1.62. The number of hydrogen-bond donors (Lipinski definition) is 0. The molecule has 3 aromatic heterocycles. The third-order valence-corrected chi connectivity index (χ3v) is 10.0. The molecule has 218 valence electrons. The van der Waals surface area contributed by atoms with Gasteiger partial charge in [0.1, 0.15) is 0 Å². The molecule has 0 saturated heterocycles. The zero-order chi connectivity index (χ0) is 30.4. The molecule has 0 N–H and O–H groups in total. The van der Waals surface area contributed by atoms with Gasteiger partial charge in [-0.2, -0.15) is 0 Å². The number of allylic oxidation sites excluding steroid dienone is 1. The second-order valence-electron chi connectivity index (χ2n) is 12.6. The third kappa shape index (κ3) is 3.32. The van der Waals surface area contributed by atoms with Crippen molar-refractivity contribution in [2.45, 2.75) is 19.3 Å². The predicted octanol–water partition coefficient (Wildman–Crippen LogP) is 11.3. The molecule has 0 amide bonds. The molecule has 0 radical (unpaired) electrons. The van der Waals surface area contributed by atoms with Crippen molar-refractivity contribution < 1.29 is 0 Å². The van der Waals surface area contributed by atoms with Gasteiger partial charge in [0.2, 0.25) is 0 Å². The van der Waals surface area contributed by atoms with E-state index < -0.39 is 0 Å². The highest BCUT2D eigenvalue weighted by Crippen LogP contribution is 2.51. The molecule has 1 unspecified atom stereocenters. The molecule has 10 rings (SSSR count). The van der Waals surface area contributed by atoms with Crippen LogP contribution in [0.1, 0.15) is 30.5 Å². The van der Waals surface area contributed by atoms with Crippen molar-refractivity contribution in [2.24, 2.45) is 0 Å². The number of aromatic nitrogens is 3. The topological polar surface area (TPSA) is 14.8 Å². The summed E-state index contributed by atoms with van der Waals surface area (Å²) < 4.78 is 7.58. The van der Waals surface area contributed by atoms with E-state index in [0.717, 1.165) is 6.42 Å². The van der Waals surface area contributed by atoms with Crippen LogP contribution in [-0.4, -0.2) is 13.7 Å². The number of nitrogens with zero attached hydrogens (tertiary/aromatic N) is 3. The summed E-state index contributed by atoms with van der Waals surface area (Å²) in [7, 11) is 0. The fraction of sp³-hybridized carbons (Fsp3) is 0.0698. The van der Waals surface area contributed by atoms with Crippen LogP contribution in [0.25, 0.3) is 77.7 Å². The SMILES string of the molecule is CC1CC=Cc2c1c1c3c4ccccc4n(-c4ccccc4)c3c3c4ccccc4n(-c4ccccc4)c3c1n2-c1ccccc1. The molecule has 6 aromatic carbocycles. The van der Waals surface area contributed by atoms with Gasteiger partial charge in [-0.25, -0.2) is 0 Å². The molecular weight excluding hydrogens is 558 g/mol. The Morgan fingerprint density at radius 3 is 1.50 bits per heavy atom. The van der Waals surface area contributed by atoms with Crippen molar-refractivity contribution in [3.8, 4) is 17.1 Å². The average Bonchev–Trinajstić information content (AvgIpc) is 3.76. The Labute approximate surface area is 266 Å². The molecular formula is C43H31N3. The van der Waals surface area contributed by atoms with Gasteiger partial charge in [0, 0.05) is 44.0 Å². The molecule has 0 aliphatic heterocycles. The van der Waals surface area contributed by atoms with Crippen molar-refractivity contribution in [1.29, 1.82) is 0 Å². The van der Waals surface area contributed by atoms with Crippen LogP contribution in [0.4, 0.5) is 0 Å². The summed E-state index contributed by atoms with van der Waals surface area (Å²) >= 11 is 0. The van der Waals surface area contributed by atoms with Gasteiger partial charge in [-0.3, -0.25) is 0 Å². The van der Waals surface area contributed by atoms with Crippen LogP contribution in [0.5, 0.6) is 0 Å². The lowest BCUT2D eigenvalue weighted by Gasteiger charge is -2.17. The highest BCUT2D eigenvalue weighted by Gasteiger charge is 2.32. The van der Waals surface area contributed by atoms with Crippen LogP contribution in [0.3, 0.4) is 0 Å². The first-order valence-corrected chi connectivity index (χ1v) is 16.2. The Morgan fingerprint density at radius 1 is 0.457 bits per heavy atom. The Hall–Kier alpha value is -5.80. The van der Waals surface area contributed by atoms with E-state index in [1.807, 2.05) is 0 Å². The van der Waals surface area contributed by atoms with Gasteiger partial charge < -0.3 is 13.7 Å². The summed E-state index contributed by atoms with van der Waals surface area (Å²) in [5.41, 5.74) is 12.5. The van der Waals surface area contributed by atoms with E-state index in [1.165, 1.54) is 82.8 Å². The maximum atomic E-state index is 2.55. The molecule has 0 spiro atoms. The molecule has 9 aromatic rings. The van der Waals surface area contributed by atoms with Crippen LogP contribution >= 0.6 is 0 Å². The summed E-state index contributed by atoms with van der Waals surface area (Å²) in [5.74, 6) is 0.376. The van der Waals surface area contributed by atoms with Gasteiger partial charge in [-0.15, -0.1) is 0 Å². The first-order chi connectivity index (χ1) is 22.8. The summed E-state index contributed by atoms with van der Waals surface area (Å²) in [6, 6.07) is 50.7. The number of para-hydroxylation sites is 5. The molecule has 3 nitrogen and oxygen atoms in total. The minimum atomic E-state index is 0.376. The second kappa shape index (κ2) is 9.60. The van der Waals surface area contributed by atoms with Gasteiger partial charge in [-0.1, -0.05) is 104 Å². The quantitative estimate of drug-likeness (QED) is 0.195. The number of fused-ring (bicyclic) bond motifs is 12. The third-order valence-electron chi connectivity index (χ3n) is 10.0. The maximum absolute atomic E-state index is 2.55. The van der Waals surface area contributed by atoms with Crippen LogP contribution < -0.4 is 0 Å². The Bertz CT molecular complexity index is 2650. The Kier molecular flexibility index (Phi) is 5.32. The number of hydrogen-bond acceptors (Lipinski definition) is 0. The van der Waals surface area contributed by atoms with E-state index in [9.17, 15) is 0 Å². The summed E-state index contributed by atoms with van der Waals surface area (Å²) in [4.78, 5) is 0. The fourth-order valence-electron chi connectivity index (χ4n) is 8.22. The summed E-state index contributed by atoms with van der Waals surface area (Å²) in [6.07, 6.45) is 5.75. The molecule has 0 fully saturated rings.